The Hall–Kier alpha value is -10.8. The van der Waals surface area contributed by atoms with Gasteiger partial charge in [0.25, 0.3) is 0 Å². The molecular weight excluding hydrogens is 1120 g/mol. The maximum absolute atomic E-state index is 11.3. The zero-order valence-corrected chi connectivity index (χ0v) is 52.3. The van der Waals surface area contributed by atoms with Crippen LogP contribution in [-0.2, 0) is 5.41 Å². The summed E-state index contributed by atoms with van der Waals surface area (Å²) in [4.78, 5) is 7.39. The van der Waals surface area contributed by atoms with Crippen molar-refractivity contribution >= 4 is 90.8 Å². The Morgan fingerprint density at radius 2 is 0.923 bits per heavy atom. The van der Waals surface area contributed by atoms with Crippen LogP contribution >= 0.6 is 11.8 Å². The number of anilines is 6. The molecule has 0 saturated heterocycles. The number of aromatic nitrogens is 1. The zero-order chi connectivity index (χ0) is 61.5. The van der Waals surface area contributed by atoms with Crippen LogP contribution in [0.2, 0.25) is 0 Å². The fourth-order valence-corrected chi connectivity index (χ4v) is 15.8. The standard InChI is InChI=1S/C85H63BN4S/c1-55-25-15-17-33-67(55)62-47-60(48-63(49-62)68-34-18-16-26-56(68)2)61-51-79-84-81(52-61)91-80-53-66(88(64-29-11-7-12-30-64)65-31-13-8-14-32-65)43-45-73(80)86(84)72-44-41-58(50-78(72)90(79)74-38-22-19-35-69(74)57-27-9-6-10-28-57)82-77(46-42-59(54-87)83(82)85(3,4)5)89-75-39-23-20-36-70(75)71-37-21-24-40-76(71)89/h6-53H,1-5H3. The predicted molar refractivity (Wildman–Crippen MR) is 385 cm³/mol. The first-order valence-corrected chi connectivity index (χ1v) is 32.2. The van der Waals surface area contributed by atoms with Crippen LogP contribution in [0.4, 0.5) is 34.1 Å². The molecule has 0 saturated carbocycles. The second kappa shape index (κ2) is 22.3. The van der Waals surface area contributed by atoms with Crippen LogP contribution in [0.5, 0.6) is 0 Å². The van der Waals surface area contributed by atoms with Crippen LogP contribution < -0.4 is 26.2 Å². The lowest BCUT2D eigenvalue weighted by Gasteiger charge is -2.42. The van der Waals surface area contributed by atoms with Gasteiger partial charge in [-0.15, -0.1) is 0 Å². The van der Waals surface area contributed by atoms with Gasteiger partial charge < -0.3 is 14.4 Å². The van der Waals surface area contributed by atoms with Crippen LogP contribution in [0.3, 0.4) is 0 Å². The third kappa shape index (κ3) is 9.47. The fraction of sp³-hybridized carbons (Fsp3) is 0.0706. The first-order valence-electron chi connectivity index (χ1n) is 31.4. The van der Waals surface area contributed by atoms with Gasteiger partial charge in [-0.3, -0.25) is 0 Å². The van der Waals surface area contributed by atoms with Crippen LogP contribution in [0.15, 0.2) is 301 Å². The zero-order valence-electron chi connectivity index (χ0n) is 51.5. The van der Waals surface area contributed by atoms with Crippen LogP contribution in [0.25, 0.3) is 83.1 Å². The molecule has 0 unspecified atom stereocenters. The smallest absolute Gasteiger partial charge is 0.249 e. The molecule has 3 heterocycles. The molecule has 13 aromatic carbocycles. The summed E-state index contributed by atoms with van der Waals surface area (Å²) in [6, 6.07) is 110. The third-order valence-electron chi connectivity index (χ3n) is 18.6. The molecule has 0 spiro atoms. The van der Waals surface area contributed by atoms with Gasteiger partial charge in [0.15, 0.2) is 0 Å². The topological polar surface area (TPSA) is 35.2 Å². The molecule has 16 rings (SSSR count). The van der Waals surface area contributed by atoms with Crippen LogP contribution in [0.1, 0.15) is 43.0 Å². The lowest BCUT2D eigenvalue weighted by molar-refractivity contribution is 0.590. The van der Waals surface area contributed by atoms with Gasteiger partial charge in [-0.05, 0) is 195 Å². The highest BCUT2D eigenvalue weighted by Crippen LogP contribution is 2.51. The van der Waals surface area contributed by atoms with Gasteiger partial charge in [0.1, 0.15) is 0 Å². The molecule has 6 heteroatoms. The number of benzene rings is 13. The van der Waals surface area contributed by atoms with E-state index >= 15 is 0 Å². The van der Waals surface area contributed by atoms with Gasteiger partial charge in [-0.25, -0.2) is 0 Å². The normalized spacial score (nSPS) is 12.4. The number of para-hydroxylation sites is 5. The number of rotatable bonds is 10. The van der Waals surface area contributed by atoms with E-state index in [1.165, 1.54) is 70.3 Å². The second-order valence-electron chi connectivity index (χ2n) is 25.2. The van der Waals surface area contributed by atoms with Crippen molar-refractivity contribution in [2.24, 2.45) is 0 Å². The summed E-state index contributed by atoms with van der Waals surface area (Å²) in [7, 11) is 0. The van der Waals surface area contributed by atoms with Gasteiger partial charge in [0, 0.05) is 60.1 Å². The summed E-state index contributed by atoms with van der Waals surface area (Å²) in [6.07, 6.45) is 0. The van der Waals surface area contributed by atoms with Crippen molar-refractivity contribution < 1.29 is 0 Å². The predicted octanol–water partition coefficient (Wildman–Crippen LogP) is 21.1. The minimum atomic E-state index is -0.435. The number of aryl methyl sites for hydroxylation is 2. The molecule has 0 aliphatic carbocycles. The molecule has 0 atom stereocenters. The molecule has 0 radical (unpaired) electrons. The molecule has 0 bridgehead atoms. The Morgan fingerprint density at radius 1 is 0.396 bits per heavy atom. The van der Waals surface area contributed by atoms with Crippen molar-refractivity contribution in [3.05, 3.63) is 313 Å². The molecule has 1 aromatic heterocycles. The highest BCUT2D eigenvalue weighted by molar-refractivity contribution is 8.00. The highest BCUT2D eigenvalue weighted by Gasteiger charge is 2.43. The quantitative estimate of drug-likeness (QED) is 0.128. The van der Waals surface area contributed by atoms with Crippen molar-refractivity contribution in [2.45, 2.75) is 49.8 Å². The van der Waals surface area contributed by atoms with Gasteiger partial charge >= 0.3 is 0 Å². The monoisotopic (exact) mass is 1180 g/mol. The average molecular weight is 1180 g/mol. The lowest BCUT2D eigenvalue weighted by atomic mass is 9.34. The Labute approximate surface area is 537 Å². The molecule has 2 aliphatic heterocycles. The van der Waals surface area contributed by atoms with Crippen LogP contribution in [0, 0.1) is 25.2 Å². The number of nitrogens with zero attached hydrogens (tertiary/aromatic N) is 4. The van der Waals surface area contributed by atoms with Crippen LogP contribution in [-0.4, -0.2) is 11.3 Å². The second-order valence-corrected chi connectivity index (χ2v) is 26.3. The fourth-order valence-electron chi connectivity index (χ4n) is 14.6. The van der Waals surface area contributed by atoms with Crippen molar-refractivity contribution in [1.29, 1.82) is 5.26 Å². The molecule has 432 valence electrons. The number of fused-ring (bicyclic) bond motifs is 7. The Balaban J connectivity index is 1.01. The Bertz CT molecular complexity index is 5090. The highest BCUT2D eigenvalue weighted by atomic mass is 32.2. The first-order chi connectivity index (χ1) is 44.6. The average Bonchev–Trinajstić information content (AvgIpc) is 0.973. The van der Waals surface area contributed by atoms with E-state index in [1.807, 2.05) is 17.8 Å². The minimum Gasteiger partial charge on any atom is -0.311 e. The minimum absolute atomic E-state index is 0.152. The Kier molecular flexibility index (Phi) is 13.6. The summed E-state index contributed by atoms with van der Waals surface area (Å²) in [5, 5.41) is 13.6. The molecular formula is C85H63BN4S. The number of nitriles is 1. The van der Waals surface area contributed by atoms with Crippen molar-refractivity contribution in [2.75, 3.05) is 9.80 Å². The maximum Gasteiger partial charge on any atom is 0.249 e. The van der Waals surface area contributed by atoms with E-state index in [4.69, 9.17) is 0 Å². The van der Waals surface area contributed by atoms with Crippen molar-refractivity contribution in [3.63, 3.8) is 0 Å². The van der Waals surface area contributed by atoms with E-state index in [1.54, 1.807) is 0 Å². The summed E-state index contributed by atoms with van der Waals surface area (Å²) in [5.41, 5.74) is 28.7. The largest absolute Gasteiger partial charge is 0.311 e. The summed E-state index contributed by atoms with van der Waals surface area (Å²) >= 11 is 1.88. The lowest BCUT2D eigenvalue weighted by Crippen LogP contribution is -2.59. The first kappa shape index (κ1) is 55.5. The molecule has 4 nitrogen and oxygen atoms in total. The van der Waals surface area contributed by atoms with E-state index in [0.717, 1.165) is 89.8 Å². The summed E-state index contributed by atoms with van der Waals surface area (Å²) in [5.74, 6) is 0. The maximum atomic E-state index is 11.3. The van der Waals surface area contributed by atoms with E-state index in [2.05, 4.69) is 340 Å². The molecule has 0 amide bonds. The van der Waals surface area contributed by atoms with Crippen molar-refractivity contribution in [1.82, 2.24) is 4.57 Å². The number of hydrogen-bond donors (Lipinski definition) is 0. The summed E-state index contributed by atoms with van der Waals surface area (Å²) in [6.45, 7) is 11.0. The van der Waals surface area contributed by atoms with E-state index in [9.17, 15) is 5.26 Å². The van der Waals surface area contributed by atoms with Gasteiger partial charge in [0.05, 0.1) is 34.0 Å². The third-order valence-corrected chi connectivity index (χ3v) is 19.8. The van der Waals surface area contributed by atoms with Gasteiger partial charge in [0.2, 0.25) is 6.71 Å². The SMILES string of the molecule is Cc1ccccc1-c1cc(-c2cc3c4c(c2)N(c2ccccc2-c2ccccc2)c2cc(-c5c(-n6c7ccccc7c7ccccc76)ccc(C#N)c5C(C)(C)C)ccc2B4c2ccc(N(c4ccccc4)c4ccccc4)cc2S3)cc(-c2ccccc2C)c1. The van der Waals surface area contributed by atoms with E-state index in [0.29, 0.717) is 5.56 Å². The molecule has 2 aliphatic rings. The van der Waals surface area contributed by atoms with Crippen molar-refractivity contribution in [3.8, 4) is 67.4 Å². The summed E-state index contributed by atoms with van der Waals surface area (Å²) < 4.78 is 2.43. The molecule has 0 fully saturated rings. The molecule has 91 heavy (non-hydrogen) atoms. The van der Waals surface area contributed by atoms with Gasteiger partial charge in [-0.1, -0.05) is 226 Å². The Morgan fingerprint density at radius 3 is 1.54 bits per heavy atom. The number of hydrogen-bond acceptors (Lipinski definition) is 4. The van der Waals surface area contributed by atoms with E-state index in [-0.39, 0.29) is 6.71 Å². The molecule has 0 N–H and O–H groups in total. The van der Waals surface area contributed by atoms with E-state index < -0.39 is 5.41 Å². The van der Waals surface area contributed by atoms with Gasteiger partial charge in [-0.2, -0.15) is 5.26 Å². The molecule has 14 aromatic rings.